The number of para-hydroxylation sites is 1. The van der Waals surface area contributed by atoms with E-state index in [4.69, 9.17) is 14.2 Å². The number of carbonyl (C=O) groups is 3. The van der Waals surface area contributed by atoms with E-state index >= 15 is 0 Å². The van der Waals surface area contributed by atoms with Gasteiger partial charge in [0.25, 0.3) is 0 Å². The molecular weight excluding hydrogens is 420 g/mol. The zero-order valence-electron chi connectivity index (χ0n) is 18.6. The molecule has 1 aromatic heterocycles. The van der Waals surface area contributed by atoms with Crippen LogP contribution in [0.5, 0.6) is 5.75 Å². The van der Waals surface area contributed by atoms with Crippen LogP contribution in [0.15, 0.2) is 24.3 Å². The van der Waals surface area contributed by atoms with Crippen LogP contribution in [0.3, 0.4) is 0 Å². The topological polar surface area (TPSA) is 131 Å². The normalized spacial score (nSPS) is 17.5. The van der Waals surface area contributed by atoms with Crippen LogP contribution in [0.1, 0.15) is 53.4 Å². The highest BCUT2D eigenvalue weighted by atomic mass is 16.6. The molecule has 1 aliphatic heterocycles. The van der Waals surface area contributed by atoms with E-state index in [2.05, 4.69) is 20.4 Å². The van der Waals surface area contributed by atoms with Gasteiger partial charge in [-0.25, -0.2) is 19.1 Å². The standard InChI is InChI=1S/C21H26N4O7/c1-21(2,3)32-20(28)22-15-12(11-31-14-9-7-6-8-13(14)15)10-25-17(19(27)30-5)16(23-24-25)18(26)29-4/h6-9,12,15H,10-11H2,1-5H3,(H,22,28)/t12-,15-/m0/s1. The number of amides is 1. The predicted molar refractivity (Wildman–Crippen MR) is 110 cm³/mol. The minimum atomic E-state index is -0.815. The number of hydrogen-bond donors (Lipinski definition) is 1. The summed E-state index contributed by atoms with van der Waals surface area (Å²) in [5.74, 6) is -1.34. The first-order valence-corrected chi connectivity index (χ1v) is 9.96. The van der Waals surface area contributed by atoms with E-state index in [0.717, 1.165) is 5.56 Å². The molecule has 0 fully saturated rings. The van der Waals surface area contributed by atoms with Crippen LogP contribution in [-0.2, 0) is 20.8 Å². The molecule has 0 spiro atoms. The molecule has 0 unspecified atom stereocenters. The molecule has 172 valence electrons. The van der Waals surface area contributed by atoms with Gasteiger partial charge in [-0.2, -0.15) is 0 Å². The summed E-state index contributed by atoms with van der Waals surface area (Å²) in [7, 11) is 2.36. The number of benzene rings is 1. The minimum Gasteiger partial charge on any atom is -0.493 e. The molecule has 3 rings (SSSR count). The van der Waals surface area contributed by atoms with Crippen molar-refractivity contribution in [2.45, 2.75) is 39.0 Å². The van der Waals surface area contributed by atoms with Gasteiger partial charge < -0.3 is 24.3 Å². The van der Waals surface area contributed by atoms with Gasteiger partial charge in [0, 0.05) is 11.5 Å². The molecule has 2 heterocycles. The fourth-order valence-electron chi connectivity index (χ4n) is 3.40. The van der Waals surface area contributed by atoms with Crippen molar-refractivity contribution < 1.29 is 33.3 Å². The van der Waals surface area contributed by atoms with E-state index in [1.54, 1.807) is 26.8 Å². The van der Waals surface area contributed by atoms with E-state index in [1.165, 1.54) is 18.9 Å². The second-order valence-corrected chi connectivity index (χ2v) is 8.18. The molecule has 1 aromatic carbocycles. The number of hydrogen-bond acceptors (Lipinski definition) is 9. The summed E-state index contributed by atoms with van der Waals surface area (Å²) in [5, 5.41) is 10.6. The molecule has 1 N–H and O–H groups in total. The quantitative estimate of drug-likeness (QED) is 0.542. The third-order valence-corrected chi connectivity index (χ3v) is 4.75. The van der Waals surface area contributed by atoms with Crippen molar-refractivity contribution in [2.75, 3.05) is 20.8 Å². The summed E-state index contributed by atoms with van der Waals surface area (Å²) in [6.45, 7) is 5.63. The Labute approximate surface area is 185 Å². The first-order valence-electron chi connectivity index (χ1n) is 9.96. The Morgan fingerprint density at radius 1 is 1.16 bits per heavy atom. The van der Waals surface area contributed by atoms with Gasteiger partial charge in [0.2, 0.25) is 5.69 Å². The number of nitrogens with one attached hydrogen (secondary N) is 1. The van der Waals surface area contributed by atoms with Crippen molar-refractivity contribution in [3.63, 3.8) is 0 Å². The van der Waals surface area contributed by atoms with E-state index < -0.39 is 29.7 Å². The maximum absolute atomic E-state index is 12.5. The van der Waals surface area contributed by atoms with Gasteiger partial charge in [0.15, 0.2) is 5.69 Å². The number of rotatable bonds is 5. The molecule has 11 heteroatoms. The molecule has 11 nitrogen and oxygen atoms in total. The minimum absolute atomic E-state index is 0.100. The van der Waals surface area contributed by atoms with E-state index in [9.17, 15) is 14.4 Å². The lowest BCUT2D eigenvalue weighted by Crippen LogP contribution is -2.43. The van der Waals surface area contributed by atoms with E-state index in [0.29, 0.717) is 5.75 Å². The number of methoxy groups -OCH3 is 2. The predicted octanol–water partition coefficient (Wildman–Crippen LogP) is 2.13. The number of alkyl carbamates (subject to hydrolysis) is 1. The zero-order chi connectivity index (χ0) is 23.5. The Morgan fingerprint density at radius 2 is 1.84 bits per heavy atom. The molecule has 32 heavy (non-hydrogen) atoms. The molecule has 0 radical (unpaired) electrons. The maximum atomic E-state index is 12.5. The highest BCUT2D eigenvalue weighted by molar-refractivity contribution is 6.00. The number of aromatic nitrogens is 3. The second-order valence-electron chi connectivity index (χ2n) is 8.18. The molecule has 1 aliphatic rings. The molecule has 2 aromatic rings. The highest BCUT2D eigenvalue weighted by Gasteiger charge is 2.36. The van der Waals surface area contributed by atoms with E-state index in [-0.39, 0.29) is 30.5 Å². The Morgan fingerprint density at radius 3 is 2.50 bits per heavy atom. The average molecular weight is 446 g/mol. The Hall–Kier alpha value is -3.63. The molecule has 1 amide bonds. The molecule has 0 saturated heterocycles. The Bertz CT molecular complexity index is 1010. The van der Waals surface area contributed by atoms with Crippen LogP contribution < -0.4 is 10.1 Å². The molecule has 0 bridgehead atoms. The van der Waals surface area contributed by atoms with Crippen LogP contribution in [-0.4, -0.2) is 59.5 Å². The number of esters is 2. The van der Waals surface area contributed by atoms with Crippen molar-refractivity contribution >= 4 is 18.0 Å². The first-order chi connectivity index (χ1) is 15.1. The molecular formula is C21H26N4O7. The number of nitrogens with zero attached hydrogens (tertiary/aromatic N) is 3. The highest BCUT2D eigenvalue weighted by Crippen LogP contribution is 2.36. The summed E-state index contributed by atoms with van der Waals surface area (Å²) in [4.78, 5) is 36.9. The van der Waals surface area contributed by atoms with Gasteiger partial charge in [-0.1, -0.05) is 23.4 Å². The van der Waals surface area contributed by atoms with Crippen LogP contribution in [0, 0.1) is 5.92 Å². The van der Waals surface area contributed by atoms with Crippen LogP contribution in [0.4, 0.5) is 4.79 Å². The summed E-state index contributed by atoms with van der Waals surface area (Å²) < 4.78 is 22.0. The Kier molecular flexibility index (Phi) is 6.66. The molecule has 0 saturated carbocycles. The first kappa shape index (κ1) is 23.0. The van der Waals surface area contributed by atoms with Crippen LogP contribution in [0.2, 0.25) is 0 Å². The van der Waals surface area contributed by atoms with Gasteiger partial charge in [-0.15, -0.1) is 5.10 Å². The van der Waals surface area contributed by atoms with Crippen molar-refractivity contribution in [3.05, 3.63) is 41.2 Å². The third kappa shape index (κ3) is 4.98. The molecule has 0 aliphatic carbocycles. The van der Waals surface area contributed by atoms with Gasteiger partial charge in [-0.3, -0.25) is 0 Å². The summed E-state index contributed by atoms with van der Waals surface area (Å²) in [6, 6.07) is 6.80. The number of fused-ring (bicyclic) bond motifs is 1. The van der Waals surface area contributed by atoms with Gasteiger partial charge in [-0.05, 0) is 26.8 Å². The van der Waals surface area contributed by atoms with Crippen LogP contribution >= 0.6 is 0 Å². The van der Waals surface area contributed by atoms with Gasteiger partial charge in [0.1, 0.15) is 11.4 Å². The second kappa shape index (κ2) is 9.25. The smallest absolute Gasteiger partial charge is 0.408 e. The number of carbonyl (C=O) groups excluding carboxylic acids is 3. The zero-order valence-corrected chi connectivity index (χ0v) is 18.6. The van der Waals surface area contributed by atoms with Crippen LogP contribution in [0.25, 0.3) is 0 Å². The Balaban J connectivity index is 1.94. The fourth-order valence-corrected chi connectivity index (χ4v) is 3.40. The van der Waals surface area contributed by atoms with Gasteiger partial charge in [0.05, 0.1) is 33.4 Å². The van der Waals surface area contributed by atoms with Crippen molar-refractivity contribution in [1.82, 2.24) is 20.3 Å². The SMILES string of the molecule is COC(=O)c1nnn(C[C@H]2COc3ccccc3[C@H]2NC(=O)OC(C)(C)C)c1C(=O)OC. The van der Waals surface area contributed by atoms with Crippen molar-refractivity contribution in [2.24, 2.45) is 5.92 Å². The summed E-state index contributed by atoms with van der Waals surface area (Å²) in [5.41, 5.74) is -0.325. The largest absolute Gasteiger partial charge is 0.493 e. The van der Waals surface area contributed by atoms with Gasteiger partial charge >= 0.3 is 18.0 Å². The monoisotopic (exact) mass is 446 g/mol. The molecule has 2 atom stereocenters. The lowest BCUT2D eigenvalue weighted by atomic mass is 9.90. The van der Waals surface area contributed by atoms with E-state index in [1.807, 2.05) is 18.2 Å². The lowest BCUT2D eigenvalue weighted by Gasteiger charge is -2.34. The third-order valence-electron chi connectivity index (χ3n) is 4.75. The van der Waals surface area contributed by atoms with Crippen molar-refractivity contribution in [3.8, 4) is 5.75 Å². The lowest BCUT2D eigenvalue weighted by molar-refractivity contribution is 0.0441. The average Bonchev–Trinajstić information content (AvgIpc) is 3.16. The summed E-state index contributed by atoms with van der Waals surface area (Å²) >= 11 is 0. The number of ether oxygens (including phenoxy) is 4. The van der Waals surface area contributed by atoms with Crippen molar-refractivity contribution in [1.29, 1.82) is 0 Å². The fraction of sp³-hybridized carbons (Fsp3) is 0.476. The summed E-state index contributed by atoms with van der Waals surface area (Å²) in [6.07, 6.45) is -0.591. The maximum Gasteiger partial charge on any atom is 0.408 e.